The Balaban J connectivity index is 1.56. The number of hydrogen-bond acceptors (Lipinski definition) is 6. The topological polar surface area (TPSA) is 73.2 Å². The highest BCUT2D eigenvalue weighted by Gasteiger charge is 2.29. The quantitative estimate of drug-likeness (QED) is 0.454. The van der Waals surface area contributed by atoms with Gasteiger partial charge in [0.25, 0.3) is 5.56 Å². The lowest BCUT2D eigenvalue weighted by Crippen LogP contribution is -2.30. The molecule has 1 aromatic heterocycles. The number of amides is 1. The molecule has 0 spiro atoms. The van der Waals surface area contributed by atoms with Crippen LogP contribution >= 0.6 is 35.1 Å². The zero-order chi connectivity index (χ0) is 22.0. The summed E-state index contributed by atoms with van der Waals surface area (Å²) < 4.78 is 7.16. The van der Waals surface area contributed by atoms with E-state index in [1.807, 2.05) is 4.57 Å². The number of thioether (sulfide) groups is 2. The van der Waals surface area contributed by atoms with E-state index in [-0.39, 0.29) is 23.3 Å². The molecule has 1 aliphatic carbocycles. The van der Waals surface area contributed by atoms with Crippen LogP contribution in [0, 0.1) is 0 Å². The number of rotatable bonds is 6. The molecule has 9 heteroatoms. The number of benzene rings is 1. The predicted octanol–water partition coefficient (Wildman–Crippen LogP) is 5.18. The molecule has 1 amide bonds. The summed E-state index contributed by atoms with van der Waals surface area (Å²) in [4.78, 5) is 31.6. The molecule has 166 valence electrons. The third-order valence-electron chi connectivity index (χ3n) is 5.62. The Bertz CT molecular complexity index is 1040. The first-order chi connectivity index (χ1) is 15.0. The Morgan fingerprint density at radius 1 is 1.35 bits per heavy atom. The van der Waals surface area contributed by atoms with E-state index in [0.29, 0.717) is 26.9 Å². The van der Waals surface area contributed by atoms with Crippen molar-refractivity contribution in [3.63, 3.8) is 0 Å². The number of anilines is 1. The second-order valence-electron chi connectivity index (χ2n) is 7.95. The van der Waals surface area contributed by atoms with Gasteiger partial charge in [-0.1, -0.05) is 49.5 Å². The van der Waals surface area contributed by atoms with Crippen LogP contribution in [0.1, 0.15) is 50.8 Å². The summed E-state index contributed by atoms with van der Waals surface area (Å²) in [7, 11) is 1.55. The number of fused-ring (bicyclic) bond motifs is 1. The molecule has 1 N–H and O–H groups in total. The number of ether oxygens (including phenoxy) is 1. The van der Waals surface area contributed by atoms with Gasteiger partial charge in [-0.15, -0.1) is 11.8 Å². The third-order valence-corrected chi connectivity index (χ3v) is 8.02. The molecule has 1 saturated carbocycles. The molecule has 31 heavy (non-hydrogen) atoms. The summed E-state index contributed by atoms with van der Waals surface area (Å²) in [6, 6.07) is 5.25. The fraction of sp³-hybridized carbons (Fsp3) is 0.500. The zero-order valence-corrected chi connectivity index (χ0v) is 20.0. The number of nitrogens with zero attached hydrogens (tertiary/aromatic N) is 2. The molecule has 1 atom stereocenters. The smallest absolute Gasteiger partial charge is 0.268 e. The largest absolute Gasteiger partial charge is 0.495 e. The van der Waals surface area contributed by atoms with Gasteiger partial charge < -0.3 is 10.1 Å². The molecule has 0 bridgehead atoms. The van der Waals surface area contributed by atoms with Crippen molar-refractivity contribution in [3.8, 4) is 5.75 Å². The van der Waals surface area contributed by atoms with Crippen LogP contribution in [0.15, 0.2) is 33.0 Å². The third kappa shape index (κ3) is 5.07. The van der Waals surface area contributed by atoms with E-state index in [2.05, 4.69) is 12.2 Å². The van der Waals surface area contributed by atoms with E-state index in [1.165, 1.54) is 18.2 Å². The Kier molecular flexibility index (Phi) is 7.19. The van der Waals surface area contributed by atoms with Crippen molar-refractivity contribution in [3.05, 3.63) is 39.3 Å². The molecule has 1 fully saturated rings. The van der Waals surface area contributed by atoms with Gasteiger partial charge in [0.05, 0.1) is 29.1 Å². The monoisotopic (exact) mass is 479 g/mol. The summed E-state index contributed by atoms with van der Waals surface area (Å²) in [5.74, 6) is 0.498. The number of halogens is 1. The first kappa shape index (κ1) is 22.6. The fourth-order valence-electron chi connectivity index (χ4n) is 4.17. The molecule has 1 aliphatic heterocycles. The SMILES string of the molecule is COc1ccc(Cl)cc1NC(=O)CSc1nc2c(c(=O)n1C1CCCCC1)SC(C)C2. The Labute approximate surface area is 195 Å². The van der Waals surface area contributed by atoms with E-state index in [0.717, 1.165) is 42.7 Å². The normalized spacial score (nSPS) is 18.6. The van der Waals surface area contributed by atoms with Gasteiger partial charge in [-0.05, 0) is 31.0 Å². The van der Waals surface area contributed by atoms with Gasteiger partial charge in [0.2, 0.25) is 5.91 Å². The van der Waals surface area contributed by atoms with Gasteiger partial charge in [0.1, 0.15) is 5.75 Å². The summed E-state index contributed by atoms with van der Waals surface area (Å²) in [5, 5.41) is 4.38. The van der Waals surface area contributed by atoms with Gasteiger partial charge in [0.15, 0.2) is 5.16 Å². The van der Waals surface area contributed by atoms with E-state index >= 15 is 0 Å². The molecule has 1 unspecified atom stereocenters. The van der Waals surface area contributed by atoms with Crippen molar-refractivity contribution in [2.75, 3.05) is 18.2 Å². The summed E-state index contributed by atoms with van der Waals surface area (Å²) >= 11 is 9.01. The molecule has 4 rings (SSSR count). The molecule has 6 nitrogen and oxygen atoms in total. The van der Waals surface area contributed by atoms with Gasteiger partial charge in [-0.25, -0.2) is 4.98 Å². The van der Waals surface area contributed by atoms with E-state index in [4.69, 9.17) is 21.3 Å². The first-order valence-electron chi connectivity index (χ1n) is 10.5. The van der Waals surface area contributed by atoms with Crippen molar-refractivity contribution in [2.45, 2.75) is 66.8 Å². The van der Waals surface area contributed by atoms with Crippen molar-refractivity contribution in [2.24, 2.45) is 0 Å². The van der Waals surface area contributed by atoms with Crippen molar-refractivity contribution in [1.29, 1.82) is 0 Å². The van der Waals surface area contributed by atoms with Crippen LogP contribution in [0.3, 0.4) is 0 Å². The maximum atomic E-state index is 13.3. The van der Waals surface area contributed by atoms with Crippen LogP contribution in [0.4, 0.5) is 5.69 Å². The standard InChI is InChI=1S/C22H26ClN3O3S2/c1-13-10-17-20(31-13)21(28)26(15-6-4-3-5-7-15)22(25-17)30-12-19(27)24-16-11-14(23)8-9-18(16)29-2/h8-9,11,13,15H,3-7,10,12H2,1-2H3,(H,24,27). The summed E-state index contributed by atoms with van der Waals surface area (Å²) in [6.45, 7) is 2.12. The van der Waals surface area contributed by atoms with Crippen LogP contribution in [0.5, 0.6) is 5.75 Å². The van der Waals surface area contributed by atoms with Crippen LogP contribution in [0.2, 0.25) is 5.02 Å². The predicted molar refractivity (Wildman–Crippen MR) is 127 cm³/mol. The van der Waals surface area contributed by atoms with Crippen molar-refractivity contribution in [1.82, 2.24) is 9.55 Å². The maximum absolute atomic E-state index is 13.3. The first-order valence-corrected chi connectivity index (χ1v) is 12.8. The number of methoxy groups -OCH3 is 1. The number of hydrogen-bond donors (Lipinski definition) is 1. The second-order valence-corrected chi connectivity index (χ2v) is 10.8. The van der Waals surface area contributed by atoms with E-state index in [1.54, 1.807) is 37.1 Å². The number of aromatic nitrogens is 2. The lowest BCUT2D eigenvalue weighted by atomic mass is 9.95. The molecular weight excluding hydrogens is 454 g/mol. The Morgan fingerprint density at radius 3 is 2.87 bits per heavy atom. The summed E-state index contributed by atoms with van der Waals surface area (Å²) in [6.07, 6.45) is 6.22. The molecule has 0 radical (unpaired) electrons. The van der Waals surface area contributed by atoms with Crippen molar-refractivity contribution >= 4 is 46.7 Å². The number of carbonyl (C=O) groups excluding carboxylic acids is 1. The number of nitrogens with one attached hydrogen (secondary N) is 1. The van der Waals surface area contributed by atoms with Gasteiger partial charge in [-0.2, -0.15) is 0 Å². The second kappa shape index (κ2) is 9.88. The van der Waals surface area contributed by atoms with Crippen LogP contribution < -0.4 is 15.6 Å². The number of carbonyl (C=O) groups is 1. The Morgan fingerprint density at radius 2 is 2.13 bits per heavy atom. The highest BCUT2D eigenvalue weighted by Crippen LogP contribution is 2.37. The van der Waals surface area contributed by atoms with Crippen LogP contribution in [0.25, 0.3) is 0 Å². The lowest BCUT2D eigenvalue weighted by Gasteiger charge is -2.26. The molecular formula is C22H26ClN3O3S2. The van der Waals surface area contributed by atoms with Crippen LogP contribution in [-0.2, 0) is 11.2 Å². The highest BCUT2D eigenvalue weighted by molar-refractivity contribution is 8.00. The van der Waals surface area contributed by atoms with Gasteiger partial charge >= 0.3 is 0 Å². The highest BCUT2D eigenvalue weighted by atomic mass is 35.5. The average molecular weight is 480 g/mol. The van der Waals surface area contributed by atoms with E-state index < -0.39 is 0 Å². The lowest BCUT2D eigenvalue weighted by molar-refractivity contribution is -0.113. The zero-order valence-electron chi connectivity index (χ0n) is 17.7. The average Bonchev–Trinajstić information content (AvgIpc) is 3.14. The van der Waals surface area contributed by atoms with Gasteiger partial charge in [0, 0.05) is 22.7 Å². The van der Waals surface area contributed by atoms with Gasteiger partial charge in [-0.3, -0.25) is 14.2 Å². The van der Waals surface area contributed by atoms with E-state index in [9.17, 15) is 9.59 Å². The molecule has 0 saturated heterocycles. The van der Waals surface area contributed by atoms with Crippen LogP contribution in [-0.4, -0.2) is 33.6 Å². The molecule has 2 aromatic rings. The van der Waals surface area contributed by atoms with Crippen molar-refractivity contribution < 1.29 is 9.53 Å². The minimum atomic E-state index is -0.196. The molecule has 2 aliphatic rings. The molecule has 2 heterocycles. The Hall–Kier alpha value is -1.64. The maximum Gasteiger partial charge on any atom is 0.268 e. The fourth-order valence-corrected chi connectivity index (χ4v) is 6.33. The molecule has 1 aromatic carbocycles. The minimum Gasteiger partial charge on any atom is -0.495 e. The minimum absolute atomic E-state index is 0.0608. The summed E-state index contributed by atoms with van der Waals surface area (Å²) in [5.41, 5.74) is 1.46.